The van der Waals surface area contributed by atoms with Crippen LogP contribution in [0.15, 0.2) is 54.6 Å². The second-order valence-corrected chi connectivity index (χ2v) is 8.82. The Morgan fingerprint density at radius 3 is 2.82 bits per heavy atom. The van der Waals surface area contributed by atoms with E-state index in [0.717, 1.165) is 38.5 Å². The predicted molar refractivity (Wildman–Crippen MR) is 128 cm³/mol. The van der Waals surface area contributed by atoms with Crippen LogP contribution in [0.5, 0.6) is 0 Å². The van der Waals surface area contributed by atoms with Crippen molar-refractivity contribution in [3.63, 3.8) is 0 Å². The third-order valence-corrected chi connectivity index (χ3v) is 6.00. The van der Waals surface area contributed by atoms with Gasteiger partial charge in [0, 0.05) is 54.7 Å². The Labute approximate surface area is 194 Å². The number of hydrogen-bond acceptors (Lipinski definition) is 7. The van der Waals surface area contributed by atoms with E-state index in [9.17, 15) is 4.79 Å². The molecule has 9 nitrogen and oxygen atoms in total. The number of nitrogens with one attached hydrogen (secondary N) is 2. The lowest BCUT2D eigenvalue weighted by atomic mass is 10.1. The van der Waals surface area contributed by atoms with Crippen LogP contribution in [0.1, 0.15) is 21.1 Å². The van der Waals surface area contributed by atoms with E-state index < -0.39 is 0 Å². The first kappa shape index (κ1) is 20.8. The molecular weight excluding hydrogens is 436 g/mol. The smallest absolute Gasteiger partial charge is 0.270 e. The van der Waals surface area contributed by atoms with Crippen LogP contribution in [0.3, 0.4) is 0 Å². The summed E-state index contributed by atoms with van der Waals surface area (Å²) in [5.74, 6) is 0.397. The second kappa shape index (κ2) is 8.47. The maximum atomic E-state index is 12.9. The molecule has 4 heterocycles. The third kappa shape index (κ3) is 4.33. The van der Waals surface area contributed by atoms with Crippen molar-refractivity contribution < 1.29 is 4.79 Å². The molecule has 5 aromatic rings. The summed E-state index contributed by atoms with van der Waals surface area (Å²) in [6.07, 6.45) is 7.10. The maximum Gasteiger partial charge on any atom is 0.270 e. The van der Waals surface area contributed by atoms with Crippen molar-refractivity contribution in [2.45, 2.75) is 13.5 Å². The fourth-order valence-electron chi connectivity index (χ4n) is 3.66. The first-order chi connectivity index (χ1) is 16.0. The van der Waals surface area contributed by atoms with Crippen LogP contribution >= 0.6 is 11.3 Å². The average Bonchev–Trinajstić information content (AvgIpc) is 3.54. The summed E-state index contributed by atoms with van der Waals surface area (Å²) in [6, 6.07) is 7.68. The number of carbonyl (C=O) groups excluding carboxylic acids is 1. The number of anilines is 2. The predicted octanol–water partition coefficient (Wildman–Crippen LogP) is 4.14. The van der Waals surface area contributed by atoms with Crippen molar-refractivity contribution >= 4 is 39.8 Å². The summed E-state index contributed by atoms with van der Waals surface area (Å²) < 4.78 is 1.88. The normalized spacial score (nSPS) is 11.1. The summed E-state index contributed by atoms with van der Waals surface area (Å²) in [4.78, 5) is 35.4. The van der Waals surface area contributed by atoms with Gasteiger partial charge in [0.1, 0.15) is 16.4 Å². The summed E-state index contributed by atoms with van der Waals surface area (Å²) >= 11 is 1.53. The van der Waals surface area contributed by atoms with Crippen molar-refractivity contribution in [1.82, 2.24) is 34.4 Å². The molecule has 1 amide bonds. The van der Waals surface area contributed by atoms with Gasteiger partial charge in [0.25, 0.3) is 5.91 Å². The van der Waals surface area contributed by atoms with Gasteiger partial charge < -0.3 is 19.8 Å². The zero-order valence-corrected chi connectivity index (χ0v) is 19.2. The lowest BCUT2D eigenvalue weighted by molar-refractivity contribution is 0.0780. The Bertz CT molecular complexity index is 1440. The monoisotopic (exact) mass is 458 g/mol. The first-order valence-corrected chi connectivity index (χ1v) is 11.2. The molecule has 0 aliphatic carbocycles. The van der Waals surface area contributed by atoms with E-state index in [1.807, 2.05) is 54.4 Å². The highest BCUT2D eigenvalue weighted by Gasteiger charge is 2.17. The molecule has 10 heteroatoms. The molecule has 0 radical (unpaired) electrons. The Morgan fingerprint density at radius 2 is 2.06 bits per heavy atom. The fourth-order valence-corrected chi connectivity index (χ4v) is 4.33. The van der Waals surface area contributed by atoms with E-state index in [1.54, 1.807) is 30.7 Å². The quantitative estimate of drug-likeness (QED) is 0.396. The lowest BCUT2D eigenvalue weighted by Crippen LogP contribution is -2.26. The molecule has 0 aliphatic heterocycles. The zero-order valence-electron chi connectivity index (χ0n) is 18.4. The van der Waals surface area contributed by atoms with E-state index in [2.05, 4.69) is 30.2 Å². The molecule has 0 bridgehead atoms. The van der Waals surface area contributed by atoms with Crippen LogP contribution in [-0.2, 0) is 13.6 Å². The molecule has 1 aromatic carbocycles. The number of imidazole rings is 1. The Morgan fingerprint density at radius 1 is 1.18 bits per heavy atom. The molecule has 0 saturated carbocycles. The Hall–Kier alpha value is -4.05. The second-order valence-electron chi connectivity index (χ2n) is 7.84. The standard InChI is InChI=1S/C23H22N8OS/c1-14-8-16(27-23-25-5-4-17(29-23)19-11-30(2)13-26-19)9-15-10-18(28-21(14)15)22(32)31(3)12-20-24-6-7-33-20/h4-11,13,28H,12H2,1-3H3,(H,25,27,29). The van der Waals surface area contributed by atoms with Gasteiger partial charge in [0.05, 0.1) is 18.6 Å². The summed E-state index contributed by atoms with van der Waals surface area (Å²) in [7, 11) is 3.70. The van der Waals surface area contributed by atoms with Crippen LogP contribution < -0.4 is 5.32 Å². The number of thiazole rings is 1. The van der Waals surface area contributed by atoms with Crippen LogP contribution in [0.25, 0.3) is 22.3 Å². The van der Waals surface area contributed by atoms with Gasteiger partial charge in [0.2, 0.25) is 5.95 Å². The summed E-state index contributed by atoms with van der Waals surface area (Å²) in [5.41, 5.74) is 4.84. The van der Waals surface area contributed by atoms with Gasteiger partial charge in [-0.05, 0) is 36.8 Å². The van der Waals surface area contributed by atoms with Gasteiger partial charge in [-0.1, -0.05) is 0 Å². The molecule has 33 heavy (non-hydrogen) atoms. The van der Waals surface area contributed by atoms with Gasteiger partial charge in [-0.15, -0.1) is 11.3 Å². The van der Waals surface area contributed by atoms with Crippen LogP contribution in [-0.4, -0.2) is 47.3 Å². The number of aryl methyl sites for hydroxylation is 2. The minimum absolute atomic E-state index is 0.0818. The van der Waals surface area contributed by atoms with Crippen molar-refractivity contribution in [3.8, 4) is 11.4 Å². The SMILES string of the molecule is Cc1cc(Nc2nccc(-c3cn(C)cn3)n2)cc2cc(C(=O)N(C)Cc3nccs3)[nH]c12. The number of benzene rings is 1. The number of H-pyrrole nitrogens is 1. The first-order valence-electron chi connectivity index (χ1n) is 10.3. The number of aromatic nitrogens is 6. The van der Waals surface area contributed by atoms with Crippen molar-refractivity contribution in [2.75, 3.05) is 12.4 Å². The van der Waals surface area contributed by atoms with E-state index >= 15 is 0 Å². The number of rotatable bonds is 6. The van der Waals surface area contributed by atoms with Crippen molar-refractivity contribution in [3.05, 3.63) is 70.8 Å². The van der Waals surface area contributed by atoms with Gasteiger partial charge >= 0.3 is 0 Å². The molecule has 0 atom stereocenters. The van der Waals surface area contributed by atoms with Gasteiger partial charge in [0.15, 0.2) is 0 Å². The number of carbonyl (C=O) groups is 1. The molecule has 4 aromatic heterocycles. The molecule has 2 N–H and O–H groups in total. The van der Waals surface area contributed by atoms with Crippen molar-refractivity contribution in [1.29, 1.82) is 0 Å². The van der Waals surface area contributed by atoms with Gasteiger partial charge in [-0.3, -0.25) is 4.79 Å². The minimum atomic E-state index is -0.0818. The lowest BCUT2D eigenvalue weighted by Gasteiger charge is -2.14. The van der Waals surface area contributed by atoms with E-state index in [-0.39, 0.29) is 5.91 Å². The highest BCUT2D eigenvalue weighted by atomic mass is 32.1. The largest absolute Gasteiger partial charge is 0.350 e. The molecule has 0 aliphatic rings. The topological polar surface area (TPSA) is 105 Å². The Balaban J connectivity index is 1.39. The molecule has 0 saturated heterocycles. The fraction of sp³-hybridized carbons (Fsp3) is 0.174. The maximum absolute atomic E-state index is 12.9. The summed E-state index contributed by atoms with van der Waals surface area (Å²) in [5, 5.41) is 7.01. The highest BCUT2D eigenvalue weighted by molar-refractivity contribution is 7.09. The molecule has 0 unspecified atom stereocenters. The minimum Gasteiger partial charge on any atom is -0.350 e. The number of aromatic amines is 1. The number of hydrogen-bond donors (Lipinski definition) is 2. The van der Waals surface area contributed by atoms with Crippen LogP contribution in [0.4, 0.5) is 11.6 Å². The highest BCUT2D eigenvalue weighted by Crippen LogP contribution is 2.27. The van der Waals surface area contributed by atoms with E-state index in [4.69, 9.17) is 0 Å². The van der Waals surface area contributed by atoms with Crippen LogP contribution in [0, 0.1) is 6.92 Å². The number of fused-ring (bicyclic) bond motifs is 1. The number of amides is 1. The van der Waals surface area contributed by atoms with Crippen LogP contribution in [0.2, 0.25) is 0 Å². The van der Waals surface area contributed by atoms with E-state index in [1.165, 1.54) is 11.3 Å². The molecule has 166 valence electrons. The third-order valence-electron chi connectivity index (χ3n) is 5.24. The number of nitrogens with zero attached hydrogens (tertiary/aromatic N) is 6. The summed E-state index contributed by atoms with van der Waals surface area (Å²) in [6.45, 7) is 2.48. The molecular formula is C23H22N8OS. The van der Waals surface area contributed by atoms with Gasteiger partial charge in [-0.25, -0.2) is 19.9 Å². The zero-order chi connectivity index (χ0) is 22.9. The van der Waals surface area contributed by atoms with Crippen molar-refractivity contribution in [2.24, 2.45) is 7.05 Å². The molecule has 5 rings (SSSR count). The van der Waals surface area contributed by atoms with E-state index in [0.29, 0.717) is 18.2 Å². The Kier molecular flexibility index (Phi) is 5.35. The van der Waals surface area contributed by atoms with Gasteiger partial charge in [-0.2, -0.15) is 0 Å². The average molecular weight is 459 g/mol. The molecule has 0 fully saturated rings. The molecule has 0 spiro atoms.